The summed E-state index contributed by atoms with van der Waals surface area (Å²) in [5.74, 6) is -1.76. The predicted molar refractivity (Wildman–Crippen MR) is 137 cm³/mol. The van der Waals surface area contributed by atoms with Crippen LogP contribution in [0.3, 0.4) is 0 Å². The average Bonchev–Trinajstić information content (AvgIpc) is 2.90. The van der Waals surface area contributed by atoms with Crippen molar-refractivity contribution < 1.29 is 18.4 Å². The first-order valence-corrected chi connectivity index (χ1v) is 11.3. The second-order valence-electron chi connectivity index (χ2n) is 7.63. The molecule has 0 saturated carbocycles. The Kier molecular flexibility index (Phi) is 9.07. The van der Waals surface area contributed by atoms with E-state index in [0.717, 1.165) is 17.0 Å². The minimum atomic E-state index is -0.756. The van der Waals surface area contributed by atoms with Crippen LogP contribution < -0.4 is 20.9 Å². The van der Waals surface area contributed by atoms with E-state index in [1.54, 1.807) is 6.07 Å². The van der Waals surface area contributed by atoms with E-state index in [1.807, 2.05) is 0 Å². The number of carbonyl (C=O) groups excluding carboxylic acids is 2. The zero-order valence-electron chi connectivity index (χ0n) is 19.7. The summed E-state index contributed by atoms with van der Waals surface area (Å²) in [6.07, 6.45) is 2.97. The molecular formula is C25H22ClF2N7O2. The molecule has 3 aromatic rings. The second kappa shape index (κ2) is 12.4. The molecule has 0 spiro atoms. The second-order valence-corrected chi connectivity index (χ2v) is 8.03. The first-order chi connectivity index (χ1) is 17.7. The Bertz CT molecular complexity index is 1380. The Hall–Kier alpha value is -4.56. The van der Waals surface area contributed by atoms with E-state index in [1.165, 1.54) is 43.6 Å². The third-order valence-electron chi connectivity index (χ3n) is 5.10. The molecule has 12 heteroatoms. The van der Waals surface area contributed by atoms with E-state index in [-0.39, 0.29) is 34.3 Å². The number of hydrogen-bond donors (Lipinski definition) is 3. The Morgan fingerprint density at radius 2 is 1.97 bits per heavy atom. The molecule has 1 heterocycles. The number of amides is 2. The lowest BCUT2D eigenvalue weighted by Crippen LogP contribution is -2.26. The first-order valence-electron chi connectivity index (χ1n) is 10.9. The van der Waals surface area contributed by atoms with E-state index in [4.69, 9.17) is 16.9 Å². The van der Waals surface area contributed by atoms with Crippen molar-refractivity contribution in [3.05, 3.63) is 83.0 Å². The fourth-order valence-corrected chi connectivity index (χ4v) is 3.29. The van der Waals surface area contributed by atoms with Crippen molar-refractivity contribution in [1.29, 1.82) is 5.26 Å². The van der Waals surface area contributed by atoms with Crippen LogP contribution in [0.5, 0.6) is 0 Å². The number of halogens is 3. The summed E-state index contributed by atoms with van der Waals surface area (Å²) < 4.78 is 27.9. The average molecular weight is 526 g/mol. The molecule has 0 bridgehead atoms. The van der Waals surface area contributed by atoms with Crippen LogP contribution in [-0.4, -0.2) is 41.9 Å². The van der Waals surface area contributed by atoms with E-state index in [9.17, 15) is 18.4 Å². The van der Waals surface area contributed by atoms with Crippen LogP contribution in [0.15, 0.2) is 55.3 Å². The third-order valence-corrected chi connectivity index (χ3v) is 5.37. The summed E-state index contributed by atoms with van der Waals surface area (Å²) in [7, 11) is 1.43. The lowest BCUT2D eigenvalue weighted by Gasteiger charge is -2.17. The van der Waals surface area contributed by atoms with Gasteiger partial charge in [-0.25, -0.2) is 13.8 Å². The van der Waals surface area contributed by atoms with E-state index >= 15 is 0 Å². The van der Waals surface area contributed by atoms with Gasteiger partial charge >= 0.3 is 0 Å². The summed E-state index contributed by atoms with van der Waals surface area (Å²) in [5.41, 5.74) is 0.470. The van der Waals surface area contributed by atoms with Gasteiger partial charge in [0, 0.05) is 31.4 Å². The number of likely N-dealkylation sites (N-methyl/N-ethyl adjacent to an activating group) is 1. The van der Waals surface area contributed by atoms with Crippen LogP contribution in [0.4, 0.5) is 31.9 Å². The highest BCUT2D eigenvalue weighted by molar-refractivity contribution is 6.32. The molecule has 2 amide bonds. The fourth-order valence-electron chi connectivity index (χ4n) is 3.13. The molecule has 0 aliphatic heterocycles. The van der Waals surface area contributed by atoms with E-state index in [2.05, 4.69) is 32.5 Å². The highest BCUT2D eigenvalue weighted by Gasteiger charge is 2.14. The molecule has 0 aliphatic rings. The molecule has 0 aliphatic carbocycles. The molecule has 0 atom stereocenters. The first kappa shape index (κ1) is 27.0. The third kappa shape index (κ3) is 6.99. The predicted octanol–water partition coefficient (Wildman–Crippen LogP) is 4.40. The Labute approximate surface area is 216 Å². The van der Waals surface area contributed by atoms with E-state index < -0.39 is 23.4 Å². The van der Waals surface area contributed by atoms with Gasteiger partial charge in [0.1, 0.15) is 28.5 Å². The fraction of sp³-hybridized carbons (Fsp3) is 0.160. The summed E-state index contributed by atoms with van der Waals surface area (Å²) in [6, 6.07) is 9.46. The summed E-state index contributed by atoms with van der Waals surface area (Å²) in [6.45, 7) is 4.08. The molecule has 190 valence electrons. The summed E-state index contributed by atoms with van der Waals surface area (Å²) in [4.78, 5) is 33.5. The maximum atomic E-state index is 14.2. The van der Waals surface area contributed by atoms with Gasteiger partial charge in [-0.15, -0.1) is 0 Å². The number of carbonyl (C=O) groups is 2. The van der Waals surface area contributed by atoms with Gasteiger partial charge in [-0.3, -0.25) is 9.59 Å². The molecule has 3 rings (SSSR count). The van der Waals surface area contributed by atoms with Crippen molar-refractivity contribution in [1.82, 2.24) is 15.3 Å². The number of nitrogens with zero attached hydrogens (tertiary/aromatic N) is 4. The maximum Gasteiger partial charge on any atom is 0.251 e. The van der Waals surface area contributed by atoms with Crippen molar-refractivity contribution in [2.45, 2.75) is 6.42 Å². The number of nitrogens with one attached hydrogen (secondary N) is 3. The number of anilines is 4. The topological polar surface area (TPSA) is 123 Å². The van der Waals surface area contributed by atoms with Crippen molar-refractivity contribution in [2.75, 3.05) is 35.7 Å². The minimum Gasteiger partial charge on any atom is -0.369 e. The summed E-state index contributed by atoms with van der Waals surface area (Å²) >= 11 is 6.17. The Balaban J connectivity index is 1.56. The monoisotopic (exact) mass is 525 g/mol. The van der Waals surface area contributed by atoms with Crippen molar-refractivity contribution in [2.24, 2.45) is 0 Å². The molecule has 1 aromatic heterocycles. The number of aromatic nitrogens is 2. The van der Waals surface area contributed by atoms with Gasteiger partial charge in [0.05, 0.1) is 17.4 Å². The molecule has 0 fully saturated rings. The lowest BCUT2D eigenvalue weighted by atomic mass is 10.1. The molecule has 0 saturated heterocycles. The summed E-state index contributed by atoms with van der Waals surface area (Å²) in [5, 5.41) is 17.7. The molecule has 2 aromatic carbocycles. The number of rotatable bonds is 10. The lowest BCUT2D eigenvalue weighted by molar-refractivity contribution is -0.113. The zero-order valence-corrected chi connectivity index (χ0v) is 20.4. The smallest absolute Gasteiger partial charge is 0.251 e. The standard InChI is InChI=1S/C25H22ClF2N7O2/c1-3-22(36)35(2)21-12-17(7-8-19(21)27)33-25-32-14-18(26)23(34-25)30-9-4-10-31-24(37)15-5-6-16(13-29)20(28)11-15/h3,5-8,11-12,14H,1,4,9-10H2,2H3,(H,31,37)(H2,30,32,33,34). The van der Waals surface area contributed by atoms with Crippen LogP contribution in [0.2, 0.25) is 5.02 Å². The van der Waals surface area contributed by atoms with Gasteiger partial charge < -0.3 is 20.9 Å². The van der Waals surface area contributed by atoms with Gasteiger partial charge in [-0.05, 0) is 48.9 Å². The van der Waals surface area contributed by atoms with Crippen LogP contribution in [0, 0.1) is 23.0 Å². The Morgan fingerprint density at radius 3 is 2.68 bits per heavy atom. The molecule has 3 N–H and O–H groups in total. The highest BCUT2D eigenvalue weighted by atomic mass is 35.5. The quantitative estimate of drug-likeness (QED) is 0.265. The number of nitriles is 1. The Morgan fingerprint density at radius 1 is 1.19 bits per heavy atom. The van der Waals surface area contributed by atoms with Crippen LogP contribution in [-0.2, 0) is 4.79 Å². The molecule has 0 unspecified atom stereocenters. The zero-order chi connectivity index (χ0) is 26.9. The van der Waals surface area contributed by atoms with Gasteiger partial charge in [-0.1, -0.05) is 18.2 Å². The highest BCUT2D eigenvalue weighted by Crippen LogP contribution is 2.26. The van der Waals surface area contributed by atoms with Crippen molar-refractivity contribution >= 4 is 46.6 Å². The van der Waals surface area contributed by atoms with Crippen molar-refractivity contribution in [3.63, 3.8) is 0 Å². The molecular weight excluding hydrogens is 504 g/mol. The number of hydrogen-bond acceptors (Lipinski definition) is 7. The molecule has 0 radical (unpaired) electrons. The van der Waals surface area contributed by atoms with Crippen molar-refractivity contribution in [3.8, 4) is 6.07 Å². The van der Waals surface area contributed by atoms with E-state index in [0.29, 0.717) is 24.5 Å². The molecule has 37 heavy (non-hydrogen) atoms. The molecule has 9 nitrogen and oxygen atoms in total. The van der Waals surface area contributed by atoms with Crippen LogP contribution >= 0.6 is 11.6 Å². The number of benzene rings is 2. The largest absolute Gasteiger partial charge is 0.369 e. The van der Waals surface area contributed by atoms with Crippen LogP contribution in [0.25, 0.3) is 0 Å². The van der Waals surface area contributed by atoms with Crippen LogP contribution in [0.1, 0.15) is 22.3 Å². The normalized spacial score (nSPS) is 10.2. The van der Waals surface area contributed by atoms with Gasteiger partial charge in [0.15, 0.2) is 0 Å². The SMILES string of the molecule is C=CC(=O)N(C)c1cc(Nc2ncc(Cl)c(NCCCNC(=O)c3ccc(C#N)c(F)c3)n2)ccc1F. The van der Waals surface area contributed by atoms with Gasteiger partial charge in [-0.2, -0.15) is 10.2 Å². The minimum absolute atomic E-state index is 0.0491. The van der Waals surface area contributed by atoms with Gasteiger partial charge in [0.2, 0.25) is 11.9 Å². The maximum absolute atomic E-state index is 14.2. The van der Waals surface area contributed by atoms with Gasteiger partial charge in [0.25, 0.3) is 5.91 Å².